The van der Waals surface area contributed by atoms with E-state index in [9.17, 15) is 0 Å². The van der Waals surface area contributed by atoms with Gasteiger partial charge in [0.15, 0.2) is 0 Å². The monoisotopic (exact) mass is 279 g/mol. The molecule has 0 aromatic carbocycles. The number of methoxy groups -OCH3 is 1. The zero-order chi connectivity index (χ0) is 13.8. The van der Waals surface area contributed by atoms with Gasteiger partial charge in [0, 0.05) is 38.8 Å². The van der Waals surface area contributed by atoms with Crippen LogP contribution >= 0.6 is 0 Å². The molecule has 1 aromatic heterocycles. The van der Waals surface area contributed by atoms with Crippen LogP contribution in [0.5, 0.6) is 0 Å². The lowest BCUT2D eigenvalue weighted by atomic mass is 9.92. The highest BCUT2D eigenvalue weighted by Gasteiger charge is 2.33. The number of rotatable bonds is 7. The molecule has 5 heteroatoms. The first-order valence-corrected chi connectivity index (χ1v) is 7.73. The molecule has 0 radical (unpaired) electrons. The van der Waals surface area contributed by atoms with Crippen molar-refractivity contribution >= 4 is 0 Å². The third-order valence-electron chi connectivity index (χ3n) is 4.26. The Hall–Kier alpha value is -0.910. The molecule has 1 saturated carbocycles. The van der Waals surface area contributed by atoms with E-state index in [1.807, 2.05) is 12.5 Å². The topological polar surface area (TPSA) is 48.3 Å². The van der Waals surface area contributed by atoms with E-state index in [1.54, 1.807) is 7.11 Å². The first-order chi connectivity index (χ1) is 9.90. The number of nitrogens with one attached hydrogen (secondary N) is 1. The van der Waals surface area contributed by atoms with Crippen molar-refractivity contribution < 1.29 is 9.47 Å². The van der Waals surface area contributed by atoms with Crippen molar-refractivity contribution in [1.82, 2.24) is 14.9 Å². The van der Waals surface area contributed by atoms with Gasteiger partial charge < -0.3 is 19.4 Å². The first kappa shape index (κ1) is 14.0. The SMILES string of the molecule is COCCNCC1CCCOC1c1cncn1C1CC1. The molecule has 3 rings (SSSR count). The molecule has 2 unspecified atom stereocenters. The van der Waals surface area contributed by atoms with E-state index in [0.29, 0.717) is 12.0 Å². The number of hydrogen-bond acceptors (Lipinski definition) is 4. The van der Waals surface area contributed by atoms with Crippen molar-refractivity contribution in [3.05, 3.63) is 18.2 Å². The predicted octanol–water partition coefficient (Wildman–Crippen LogP) is 1.92. The van der Waals surface area contributed by atoms with Gasteiger partial charge in [0.2, 0.25) is 0 Å². The zero-order valence-corrected chi connectivity index (χ0v) is 12.3. The second kappa shape index (κ2) is 6.70. The van der Waals surface area contributed by atoms with Crippen LogP contribution in [0.1, 0.15) is 43.5 Å². The summed E-state index contributed by atoms with van der Waals surface area (Å²) in [4.78, 5) is 4.35. The van der Waals surface area contributed by atoms with Gasteiger partial charge in [-0.2, -0.15) is 0 Å². The van der Waals surface area contributed by atoms with E-state index >= 15 is 0 Å². The van der Waals surface area contributed by atoms with Crippen molar-refractivity contribution in [2.45, 2.75) is 37.8 Å². The van der Waals surface area contributed by atoms with Gasteiger partial charge in [0.1, 0.15) is 6.10 Å². The van der Waals surface area contributed by atoms with Crippen molar-refractivity contribution in [2.75, 3.05) is 33.4 Å². The minimum absolute atomic E-state index is 0.196. The van der Waals surface area contributed by atoms with Crippen molar-refractivity contribution in [3.63, 3.8) is 0 Å². The molecule has 112 valence electrons. The summed E-state index contributed by atoms with van der Waals surface area (Å²) in [6.07, 6.45) is 9.11. The quantitative estimate of drug-likeness (QED) is 0.775. The van der Waals surface area contributed by atoms with Crippen molar-refractivity contribution in [3.8, 4) is 0 Å². The Balaban J connectivity index is 1.63. The van der Waals surface area contributed by atoms with E-state index in [2.05, 4.69) is 14.9 Å². The van der Waals surface area contributed by atoms with Gasteiger partial charge in [-0.3, -0.25) is 0 Å². The van der Waals surface area contributed by atoms with Crippen LogP contribution in [0.15, 0.2) is 12.5 Å². The van der Waals surface area contributed by atoms with Gasteiger partial charge in [0.25, 0.3) is 0 Å². The Morgan fingerprint density at radius 3 is 3.15 bits per heavy atom. The number of hydrogen-bond donors (Lipinski definition) is 1. The Labute approximate surface area is 120 Å². The highest BCUT2D eigenvalue weighted by Crippen LogP contribution is 2.40. The Morgan fingerprint density at radius 1 is 1.45 bits per heavy atom. The average molecular weight is 279 g/mol. The predicted molar refractivity (Wildman–Crippen MR) is 76.7 cm³/mol. The molecule has 0 amide bonds. The molecule has 2 atom stereocenters. The summed E-state index contributed by atoms with van der Waals surface area (Å²) < 4.78 is 13.5. The molecule has 1 aromatic rings. The highest BCUT2D eigenvalue weighted by atomic mass is 16.5. The molecule has 1 aliphatic heterocycles. The van der Waals surface area contributed by atoms with Crippen LogP contribution < -0.4 is 5.32 Å². The van der Waals surface area contributed by atoms with Crippen LogP contribution in [0.4, 0.5) is 0 Å². The minimum atomic E-state index is 0.196. The minimum Gasteiger partial charge on any atom is -0.383 e. The standard InChI is InChI=1S/C15H25N3O2/c1-19-8-6-16-9-12-3-2-7-20-15(12)14-10-17-11-18(14)13-4-5-13/h10-13,15-16H,2-9H2,1H3. The number of ether oxygens (including phenoxy) is 2. The lowest BCUT2D eigenvalue weighted by Crippen LogP contribution is -2.34. The molecule has 1 N–H and O–H groups in total. The van der Waals surface area contributed by atoms with E-state index in [4.69, 9.17) is 9.47 Å². The summed E-state index contributed by atoms with van der Waals surface area (Å²) in [5.74, 6) is 0.537. The number of imidazole rings is 1. The molecular weight excluding hydrogens is 254 g/mol. The Morgan fingerprint density at radius 2 is 2.35 bits per heavy atom. The smallest absolute Gasteiger partial charge is 0.103 e. The van der Waals surface area contributed by atoms with Crippen LogP contribution in [-0.4, -0.2) is 43.0 Å². The first-order valence-electron chi connectivity index (χ1n) is 7.73. The van der Waals surface area contributed by atoms with Crippen LogP contribution in [0, 0.1) is 5.92 Å². The molecule has 1 aliphatic carbocycles. The molecule has 0 bridgehead atoms. The molecule has 2 fully saturated rings. The molecule has 5 nitrogen and oxygen atoms in total. The molecule has 2 aliphatic rings. The summed E-state index contributed by atoms with van der Waals surface area (Å²) in [6, 6.07) is 0.667. The largest absolute Gasteiger partial charge is 0.383 e. The van der Waals surface area contributed by atoms with E-state index < -0.39 is 0 Å². The van der Waals surface area contributed by atoms with Gasteiger partial charge in [0.05, 0.1) is 24.8 Å². The maximum Gasteiger partial charge on any atom is 0.103 e. The van der Waals surface area contributed by atoms with Crippen molar-refractivity contribution in [2.24, 2.45) is 5.92 Å². The molecular formula is C15H25N3O2. The second-order valence-corrected chi connectivity index (χ2v) is 5.85. The van der Waals surface area contributed by atoms with Crippen LogP contribution in [0.3, 0.4) is 0 Å². The summed E-state index contributed by atoms with van der Waals surface area (Å²) in [5.41, 5.74) is 1.27. The van der Waals surface area contributed by atoms with E-state index in [1.165, 1.54) is 25.0 Å². The maximum atomic E-state index is 6.08. The van der Waals surface area contributed by atoms with Gasteiger partial charge in [-0.05, 0) is 25.7 Å². The summed E-state index contributed by atoms with van der Waals surface area (Å²) in [6.45, 7) is 3.53. The van der Waals surface area contributed by atoms with Crippen molar-refractivity contribution in [1.29, 1.82) is 0 Å². The van der Waals surface area contributed by atoms with E-state index in [0.717, 1.165) is 32.7 Å². The third-order valence-corrected chi connectivity index (χ3v) is 4.26. The lowest BCUT2D eigenvalue weighted by molar-refractivity contribution is -0.0324. The maximum absolute atomic E-state index is 6.08. The number of aromatic nitrogens is 2. The molecule has 1 saturated heterocycles. The summed E-state index contributed by atoms with van der Waals surface area (Å²) in [7, 11) is 1.74. The van der Waals surface area contributed by atoms with Crippen LogP contribution in [0.2, 0.25) is 0 Å². The van der Waals surface area contributed by atoms with E-state index in [-0.39, 0.29) is 6.10 Å². The highest BCUT2D eigenvalue weighted by molar-refractivity contribution is 5.09. The number of nitrogens with zero attached hydrogens (tertiary/aromatic N) is 2. The van der Waals surface area contributed by atoms with Gasteiger partial charge in [-0.1, -0.05) is 0 Å². The summed E-state index contributed by atoms with van der Waals surface area (Å²) >= 11 is 0. The van der Waals surface area contributed by atoms with Gasteiger partial charge >= 0.3 is 0 Å². The molecule has 2 heterocycles. The second-order valence-electron chi connectivity index (χ2n) is 5.85. The van der Waals surface area contributed by atoms with Crippen LogP contribution in [0.25, 0.3) is 0 Å². The fourth-order valence-electron chi connectivity index (χ4n) is 3.03. The van der Waals surface area contributed by atoms with Crippen LogP contribution in [-0.2, 0) is 9.47 Å². The zero-order valence-electron chi connectivity index (χ0n) is 12.3. The summed E-state index contributed by atoms with van der Waals surface area (Å²) in [5, 5.41) is 3.48. The lowest BCUT2D eigenvalue weighted by Gasteiger charge is -2.32. The van der Waals surface area contributed by atoms with Gasteiger partial charge in [-0.15, -0.1) is 0 Å². The molecule has 20 heavy (non-hydrogen) atoms. The average Bonchev–Trinajstić information content (AvgIpc) is 3.22. The Kier molecular flexibility index (Phi) is 4.70. The fraction of sp³-hybridized carbons (Fsp3) is 0.800. The molecule has 0 spiro atoms. The fourth-order valence-corrected chi connectivity index (χ4v) is 3.03. The Bertz CT molecular complexity index is 417. The third kappa shape index (κ3) is 3.22. The van der Waals surface area contributed by atoms with Gasteiger partial charge in [-0.25, -0.2) is 4.98 Å². The normalized spacial score (nSPS) is 26.9.